The van der Waals surface area contributed by atoms with E-state index >= 15 is 0 Å². The van der Waals surface area contributed by atoms with Gasteiger partial charge < -0.3 is 0 Å². The topological polar surface area (TPSA) is 0 Å². The van der Waals surface area contributed by atoms with Gasteiger partial charge in [-0.15, -0.1) is 11.6 Å². The second kappa shape index (κ2) is 6.79. The number of halogens is 2. The molecule has 0 aliphatic heterocycles. The van der Waals surface area contributed by atoms with Crippen molar-refractivity contribution in [3.63, 3.8) is 0 Å². The normalized spacial score (nSPS) is 19.9. The first-order chi connectivity index (χ1) is 7.18. The molecule has 0 nitrogen and oxygen atoms in total. The maximum Gasteiger partial charge on any atom is 1.00 e. The van der Waals surface area contributed by atoms with Crippen molar-refractivity contribution >= 4 is 17.2 Å². The second-order valence-electron chi connectivity index (χ2n) is 4.13. The minimum absolute atomic E-state index is 0. The molecule has 0 amide bonds. The zero-order valence-electron chi connectivity index (χ0n) is 9.69. The van der Waals surface area contributed by atoms with Gasteiger partial charge in [0.25, 0.3) is 0 Å². The largest absolute Gasteiger partial charge is 1.00 e. The van der Waals surface area contributed by atoms with E-state index in [1.807, 2.05) is 0 Å². The van der Waals surface area contributed by atoms with Crippen molar-refractivity contribution in [2.24, 2.45) is 5.92 Å². The molecule has 1 aromatic carbocycles. The van der Waals surface area contributed by atoms with Gasteiger partial charge in [0.05, 0.1) is 0 Å². The average molecular weight is 309 g/mol. The fourth-order valence-electron chi connectivity index (χ4n) is 1.91. The van der Waals surface area contributed by atoms with Crippen LogP contribution in [0, 0.1) is 17.8 Å². The van der Waals surface area contributed by atoms with Crippen LogP contribution in [0.1, 0.15) is 31.7 Å². The molecule has 0 spiro atoms. The zero-order chi connectivity index (χ0) is 10.8. The Kier molecular flexibility index (Phi) is 6.39. The molecule has 0 saturated heterocycles. The third-order valence-corrected chi connectivity index (χ3v) is 3.18. The van der Waals surface area contributed by atoms with Crippen molar-refractivity contribution in [3.8, 4) is 0 Å². The molecule has 1 atom stereocenters. The van der Waals surface area contributed by atoms with E-state index in [9.17, 15) is 4.39 Å². The number of hydrogen-bond acceptors (Lipinski definition) is 0. The van der Waals surface area contributed by atoms with Crippen LogP contribution in [-0.2, 0) is 0 Å². The molecule has 0 saturated carbocycles. The fourth-order valence-corrected chi connectivity index (χ4v) is 2.08. The van der Waals surface area contributed by atoms with Crippen LogP contribution in [0.2, 0.25) is 5.02 Å². The van der Waals surface area contributed by atoms with Gasteiger partial charge >= 0.3 is 58.2 Å². The van der Waals surface area contributed by atoms with Gasteiger partial charge in [-0.1, -0.05) is 24.1 Å². The van der Waals surface area contributed by atoms with Gasteiger partial charge in [0, 0.05) is 5.82 Å². The van der Waals surface area contributed by atoms with E-state index in [2.05, 4.69) is 19.1 Å². The van der Waals surface area contributed by atoms with E-state index < -0.39 is 0 Å². The van der Waals surface area contributed by atoms with Gasteiger partial charge in [-0.25, -0.2) is 0 Å². The Morgan fingerprint density at radius 2 is 2.25 bits per heavy atom. The molecule has 16 heavy (non-hydrogen) atoms. The van der Waals surface area contributed by atoms with Crippen LogP contribution in [0.3, 0.4) is 0 Å². The monoisotopic (exact) mass is 308 g/mol. The van der Waals surface area contributed by atoms with E-state index in [0.29, 0.717) is 11.5 Å². The summed E-state index contributed by atoms with van der Waals surface area (Å²) >= 11 is 5.70. The molecule has 1 unspecified atom stereocenters. The molecule has 2 rings (SSSR count). The predicted octanol–water partition coefficient (Wildman–Crippen LogP) is 1.49. The van der Waals surface area contributed by atoms with Crippen molar-refractivity contribution in [1.29, 1.82) is 0 Å². The number of allylic oxidation sites excluding steroid dienone is 2. The minimum Gasteiger partial charge on any atom is -0.282 e. The maximum absolute atomic E-state index is 13.7. The molecule has 1 aliphatic carbocycles. The standard InChI is InChI=1S/C13H13ClF.Rb/c1-9-5-7-10(8-6-9)11-3-2-4-12(14)13(11)15;/h2-3,7,9H,5-6,8H2,1H3;/q-1;+1. The molecular weight excluding hydrogens is 296 g/mol. The Balaban J connectivity index is 0.00000128. The summed E-state index contributed by atoms with van der Waals surface area (Å²) in [4.78, 5) is 0. The number of hydrogen-bond donors (Lipinski definition) is 0. The molecule has 1 aromatic rings. The van der Waals surface area contributed by atoms with Crippen LogP contribution in [-0.4, -0.2) is 0 Å². The van der Waals surface area contributed by atoms with Crippen LogP contribution in [0.5, 0.6) is 0 Å². The summed E-state index contributed by atoms with van der Waals surface area (Å²) in [6.07, 6.45) is 5.23. The Bertz CT molecular complexity index is 401. The number of rotatable bonds is 1. The third kappa shape index (κ3) is 3.49. The van der Waals surface area contributed by atoms with Gasteiger partial charge in [-0.05, 0) is 30.2 Å². The van der Waals surface area contributed by atoms with Crippen molar-refractivity contribution < 1.29 is 62.6 Å². The molecule has 0 fully saturated rings. The quantitative estimate of drug-likeness (QED) is 0.690. The van der Waals surface area contributed by atoms with Gasteiger partial charge in [0.1, 0.15) is 0 Å². The first-order valence-electron chi connectivity index (χ1n) is 5.23. The second-order valence-corrected chi connectivity index (χ2v) is 4.51. The van der Waals surface area contributed by atoms with E-state index in [1.54, 1.807) is 12.1 Å². The van der Waals surface area contributed by atoms with Gasteiger partial charge in [-0.3, -0.25) is 4.39 Å². The summed E-state index contributed by atoms with van der Waals surface area (Å²) in [6, 6.07) is 6.08. The summed E-state index contributed by atoms with van der Waals surface area (Å²) in [5, 5.41) is 0.0898. The summed E-state index contributed by atoms with van der Waals surface area (Å²) < 4.78 is 13.7. The Hall–Kier alpha value is 0.985. The third-order valence-electron chi connectivity index (χ3n) is 2.91. The Morgan fingerprint density at radius 1 is 1.50 bits per heavy atom. The van der Waals surface area contributed by atoms with Crippen LogP contribution < -0.4 is 58.2 Å². The van der Waals surface area contributed by atoms with Gasteiger partial charge in [-0.2, -0.15) is 18.2 Å². The maximum atomic E-state index is 13.7. The Labute approximate surface area is 150 Å². The van der Waals surface area contributed by atoms with Crippen molar-refractivity contribution in [2.75, 3.05) is 0 Å². The van der Waals surface area contributed by atoms with E-state index in [1.165, 1.54) is 0 Å². The van der Waals surface area contributed by atoms with Crippen LogP contribution >= 0.6 is 11.6 Å². The summed E-state index contributed by atoms with van der Waals surface area (Å²) in [5.41, 5.74) is 1.73. The van der Waals surface area contributed by atoms with Crippen molar-refractivity contribution in [1.82, 2.24) is 0 Å². The molecule has 0 aromatic heterocycles. The van der Waals surface area contributed by atoms with Crippen LogP contribution in [0.4, 0.5) is 4.39 Å². The van der Waals surface area contributed by atoms with Crippen LogP contribution in [0.15, 0.2) is 18.2 Å². The number of benzene rings is 1. The Morgan fingerprint density at radius 3 is 2.88 bits per heavy atom. The summed E-state index contributed by atoms with van der Waals surface area (Å²) in [7, 11) is 0. The molecule has 0 radical (unpaired) electrons. The minimum atomic E-state index is -0.333. The molecule has 80 valence electrons. The zero-order valence-corrected chi connectivity index (χ0v) is 15.4. The van der Waals surface area contributed by atoms with Crippen LogP contribution in [0.25, 0.3) is 5.57 Å². The van der Waals surface area contributed by atoms with Crippen molar-refractivity contribution in [3.05, 3.63) is 40.7 Å². The molecule has 3 heteroatoms. The van der Waals surface area contributed by atoms with E-state index in [0.717, 1.165) is 24.8 Å². The first kappa shape index (κ1) is 15.0. The van der Waals surface area contributed by atoms with E-state index in [4.69, 9.17) is 11.6 Å². The summed E-state index contributed by atoms with van der Waals surface area (Å²) in [6.45, 7) is 2.22. The molecule has 0 N–H and O–H groups in total. The molecule has 0 bridgehead atoms. The molecular formula is C13H13ClFRb. The average Bonchev–Trinajstić information content (AvgIpc) is 2.24. The first-order valence-corrected chi connectivity index (χ1v) is 5.61. The molecule has 1 aliphatic rings. The predicted molar refractivity (Wildman–Crippen MR) is 61.2 cm³/mol. The van der Waals surface area contributed by atoms with Gasteiger partial charge in [0.15, 0.2) is 0 Å². The smallest absolute Gasteiger partial charge is 0.282 e. The fraction of sp³-hybridized carbons (Fsp3) is 0.385. The van der Waals surface area contributed by atoms with Crippen molar-refractivity contribution in [2.45, 2.75) is 26.2 Å². The van der Waals surface area contributed by atoms with Gasteiger partial charge in [0.2, 0.25) is 0 Å². The summed E-state index contributed by atoms with van der Waals surface area (Å²) in [5.74, 6) is 0.377. The molecule has 0 heterocycles. The van der Waals surface area contributed by atoms with E-state index in [-0.39, 0.29) is 69.0 Å². The SMILES string of the molecule is CC1CC=C(c2cc[c-]c(Cl)c2F)CC1.[Rb+].